The van der Waals surface area contributed by atoms with Crippen LogP contribution in [0.2, 0.25) is 0 Å². The molecule has 34 valence electrons. The van der Waals surface area contributed by atoms with Crippen LogP contribution in [0.5, 0.6) is 0 Å². The first-order valence-electron chi connectivity index (χ1n) is 1.65. The topological polar surface area (TPSA) is 20.2 Å². The van der Waals surface area contributed by atoms with E-state index in [1.54, 1.807) is 11.8 Å². The standard InChI is InChI=1S/C3H6OS.Zr/c4-3-1-5-2-3;/h3-4H,1-2H2;. The first kappa shape index (κ1) is 7.19. The van der Waals surface area contributed by atoms with Gasteiger partial charge in [-0.15, -0.1) is 0 Å². The van der Waals surface area contributed by atoms with Crippen molar-refractivity contribution in [2.24, 2.45) is 0 Å². The minimum absolute atomic E-state index is 0. The van der Waals surface area contributed by atoms with E-state index in [1.807, 2.05) is 0 Å². The molecule has 0 aromatic heterocycles. The Hall–Kier alpha value is 1.19. The minimum Gasteiger partial charge on any atom is -0.391 e. The van der Waals surface area contributed by atoms with Gasteiger partial charge in [0, 0.05) is 37.7 Å². The summed E-state index contributed by atoms with van der Waals surface area (Å²) in [6, 6.07) is 0. The van der Waals surface area contributed by atoms with E-state index in [0.29, 0.717) is 0 Å². The Labute approximate surface area is 60.6 Å². The van der Waals surface area contributed by atoms with Crippen molar-refractivity contribution in [1.82, 2.24) is 0 Å². The third-order valence-electron chi connectivity index (χ3n) is 0.620. The zero-order valence-corrected chi connectivity index (χ0v) is 6.62. The number of rotatable bonds is 0. The molecule has 1 heterocycles. The Balaban J connectivity index is 0.000000250. The predicted molar refractivity (Wildman–Crippen MR) is 23.3 cm³/mol. The van der Waals surface area contributed by atoms with E-state index in [-0.39, 0.29) is 32.3 Å². The van der Waals surface area contributed by atoms with Gasteiger partial charge in [-0.3, -0.25) is 0 Å². The fourth-order valence-electron chi connectivity index (χ4n) is 0.223. The normalized spacial score (nSPS) is 21.5. The average molecular weight is 181 g/mol. The molecule has 1 fully saturated rings. The molecule has 1 saturated heterocycles. The van der Waals surface area contributed by atoms with E-state index in [1.165, 1.54) is 0 Å². The number of aliphatic hydroxyl groups excluding tert-OH is 1. The molecule has 1 aliphatic heterocycles. The van der Waals surface area contributed by atoms with Gasteiger partial charge in [0.05, 0.1) is 6.10 Å². The SMILES string of the molecule is OC1CSC1.[Zr]. The number of hydrogen-bond acceptors (Lipinski definition) is 2. The molecule has 1 nitrogen and oxygen atoms in total. The molecule has 1 N–H and O–H groups in total. The summed E-state index contributed by atoms with van der Waals surface area (Å²) in [5, 5.41) is 8.43. The van der Waals surface area contributed by atoms with E-state index in [0.717, 1.165) is 11.5 Å². The summed E-state index contributed by atoms with van der Waals surface area (Å²) in [5.41, 5.74) is 0. The van der Waals surface area contributed by atoms with Crippen molar-refractivity contribution < 1.29 is 31.3 Å². The fourth-order valence-corrected chi connectivity index (χ4v) is 0.670. The first-order chi connectivity index (χ1) is 2.39. The Bertz CT molecular complexity index is 37.8. The van der Waals surface area contributed by atoms with E-state index in [4.69, 9.17) is 5.11 Å². The summed E-state index contributed by atoms with van der Waals surface area (Å²) in [4.78, 5) is 0. The molecule has 0 radical (unpaired) electrons. The predicted octanol–water partition coefficient (Wildman–Crippen LogP) is 0.0916. The van der Waals surface area contributed by atoms with Gasteiger partial charge in [-0.2, -0.15) is 11.8 Å². The second kappa shape index (κ2) is 3.23. The Morgan fingerprint density at radius 3 is 1.83 bits per heavy atom. The van der Waals surface area contributed by atoms with Gasteiger partial charge in [0.2, 0.25) is 0 Å². The van der Waals surface area contributed by atoms with Gasteiger partial charge in [0.15, 0.2) is 0 Å². The van der Waals surface area contributed by atoms with Crippen LogP contribution in [0.25, 0.3) is 0 Å². The van der Waals surface area contributed by atoms with E-state index < -0.39 is 0 Å². The van der Waals surface area contributed by atoms with Crippen molar-refractivity contribution >= 4 is 11.8 Å². The summed E-state index contributed by atoms with van der Waals surface area (Å²) in [6.07, 6.45) is 0.0278. The molecule has 0 unspecified atom stereocenters. The molecule has 0 amide bonds. The molecular weight excluding hydrogens is 175 g/mol. The van der Waals surface area contributed by atoms with Crippen LogP contribution in [-0.2, 0) is 26.2 Å². The molecule has 6 heavy (non-hydrogen) atoms. The third kappa shape index (κ3) is 1.76. The molecule has 3 heteroatoms. The monoisotopic (exact) mass is 180 g/mol. The van der Waals surface area contributed by atoms with Crippen LogP contribution in [0.4, 0.5) is 0 Å². The van der Waals surface area contributed by atoms with Crippen molar-refractivity contribution in [3.63, 3.8) is 0 Å². The molecule has 0 aromatic rings. The van der Waals surface area contributed by atoms with Crippen molar-refractivity contribution in [3.8, 4) is 0 Å². The van der Waals surface area contributed by atoms with Crippen LogP contribution in [0.15, 0.2) is 0 Å². The smallest absolute Gasteiger partial charge is 0.0720 e. The molecular formula is C3H6OSZr. The number of thioether (sulfide) groups is 1. The molecule has 0 spiro atoms. The van der Waals surface area contributed by atoms with Crippen molar-refractivity contribution in [1.29, 1.82) is 0 Å². The second-order valence-corrected chi connectivity index (χ2v) is 2.27. The van der Waals surface area contributed by atoms with Gasteiger partial charge in [-0.25, -0.2) is 0 Å². The summed E-state index contributed by atoms with van der Waals surface area (Å²) in [5.74, 6) is 1.92. The minimum atomic E-state index is 0. The average Bonchev–Trinajstić information content (AvgIpc) is 1.30. The Morgan fingerprint density at radius 1 is 1.50 bits per heavy atom. The van der Waals surface area contributed by atoms with Gasteiger partial charge in [0.25, 0.3) is 0 Å². The molecule has 0 bridgehead atoms. The molecule has 0 aromatic carbocycles. The quantitative estimate of drug-likeness (QED) is 0.572. The summed E-state index contributed by atoms with van der Waals surface area (Å²) in [6.45, 7) is 0. The van der Waals surface area contributed by atoms with Gasteiger partial charge < -0.3 is 5.11 Å². The maximum Gasteiger partial charge on any atom is 0.0720 e. The zero-order chi connectivity index (χ0) is 3.70. The number of hydrogen-bond donors (Lipinski definition) is 1. The van der Waals surface area contributed by atoms with E-state index in [9.17, 15) is 0 Å². The zero-order valence-electron chi connectivity index (χ0n) is 3.35. The van der Waals surface area contributed by atoms with Crippen LogP contribution in [-0.4, -0.2) is 22.7 Å². The van der Waals surface area contributed by atoms with Crippen LogP contribution in [0.1, 0.15) is 0 Å². The molecule has 0 saturated carbocycles. The molecule has 1 rings (SSSR count). The van der Waals surface area contributed by atoms with Gasteiger partial charge >= 0.3 is 0 Å². The fraction of sp³-hybridized carbons (Fsp3) is 1.00. The largest absolute Gasteiger partial charge is 0.391 e. The summed E-state index contributed by atoms with van der Waals surface area (Å²) < 4.78 is 0. The Morgan fingerprint density at radius 2 is 1.83 bits per heavy atom. The van der Waals surface area contributed by atoms with Crippen LogP contribution in [0, 0.1) is 0 Å². The van der Waals surface area contributed by atoms with Crippen molar-refractivity contribution in [3.05, 3.63) is 0 Å². The van der Waals surface area contributed by atoms with Gasteiger partial charge in [0.1, 0.15) is 0 Å². The van der Waals surface area contributed by atoms with Crippen LogP contribution >= 0.6 is 11.8 Å². The summed E-state index contributed by atoms with van der Waals surface area (Å²) in [7, 11) is 0. The molecule has 0 atom stereocenters. The third-order valence-corrected chi connectivity index (χ3v) is 1.86. The van der Waals surface area contributed by atoms with Crippen LogP contribution in [0.3, 0.4) is 0 Å². The molecule has 0 aliphatic carbocycles. The second-order valence-electron chi connectivity index (χ2n) is 1.19. The first-order valence-corrected chi connectivity index (χ1v) is 2.81. The maximum absolute atomic E-state index is 8.43. The molecule has 1 aliphatic rings. The van der Waals surface area contributed by atoms with Gasteiger partial charge in [-0.1, -0.05) is 0 Å². The summed E-state index contributed by atoms with van der Waals surface area (Å²) >= 11 is 1.80. The Kier molecular flexibility index (Phi) is 3.87. The van der Waals surface area contributed by atoms with E-state index in [2.05, 4.69) is 0 Å². The van der Waals surface area contributed by atoms with Crippen molar-refractivity contribution in [2.75, 3.05) is 11.5 Å². The maximum atomic E-state index is 8.43. The number of aliphatic hydroxyl groups is 1. The van der Waals surface area contributed by atoms with E-state index >= 15 is 0 Å². The van der Waals surface area contributed by atoms with Crippen LogP contribution < -0.4 is 0 Å². The van der Waals surface area contributed by atoms with Gasteiger partial charge in [-0.05, 0) is 0 Å². The van der Waals surface area contributed by atoms with Crippen molar-refractivity contribution in [2.45, 2.75) is 6.10 Å².